The van der Waals surface area contributed by atoms with Gasteiger partial charge < -0.3 is 15.2 Å². The van der Waals surface area contributed by atoms with Gasteiger partial charge in [-0.05, 0) is 43.0 Å². The topological polar surface area (TPSA) is 41.5 Å². The number of benzene rings is 1. The molecule has 3 nitrogen and oxygen atoms in total. The molecule has 1 atom stereocenters. The zero-order valence-corrected chi connectivity index (χ0v) is 13.4. The normalized spacial score (nSPS) is 14.6. The first-order valence-corrected chi connectivity index (χ1v) is 7.46. The maximum absolute atomic E-state index is 10.2. The van der Waals surface area contributed by atoms with Crippen LogP contribution in [0.15, 0.2) is 24.3 Å². The third-order valence-corrected chi connectivity index (χ3v) is 3.56. The fourth-order valence-electron chi connectivity index (χ4n) is 1.65. The number of ether oxygens (including phenoxy) is 1. The summed E-state index contributed by atoms with van der Waals surface area (Å²) >= 11 is 0. The van der Waals surface area contributed by atoms with Crippen molar-refractivity contribution in [3.8, 4) is 5.75 Å². The Balaban J connectivity index is 2.51. The van der Waals surface area contributed by atoms with E-state index in [9.17, 15) is 5.11 Å². The standard InChI is InChI=1S/C17H29NO2/c1-13(2)10-18-11-15-7-6-8-16(9-15)20-12-17(5,19)14(3)4/h6-9,13-14,18-19H,10-12H2,1-5H3. The van der Waals surface area contributed by atoms with E-state index in [0.29, 0.717) is 12.5 Å². The second-order valence-electron chi connectivity index (χ2n) is 6.47. The fraction of sp³-hybridized carbons (Fsp3) is 0.647. The van der Waals surface area contributed by atoms with Crippen LogP contribution in [0.25, 0.3) is 0 Å². The summed E-state index contributed by atoms with van der Waals surface area (Å²) in [5.74, 6) is 1.63. The van der Waals surface area contributed by atoms with Crippen LogP contribution >= 0.6 is 0 Å². The van der Waals surface area contributed by atoms with Gasteiger partial charge in [0.25, 0.3) is 0 Å². The molecule has 1 aromatic carbocycles. The monoisotopic (exact) mass is 279 g/mol. The van der Waals surface area contributed by atoms with Gasteiger partial charge in [-0.2, -0.15) is 0 Å². The molecule has 2 N–H and O–H groups in total. The first kappa shape index (κ1) is 17.0. The molecule has 0 saturated heterocycles. The molecular weight excluding hydrogens is 250 g/mol. The number of nitrogens with one attached hydrogen (secondary N) is 1. The van der Waals surface area contributed by atoms with E-state index in [1.807, 2.05) is 39.0 Å². The third kappa shape index (κ3) is 5.93. The Kier molecular flexibility index (Phi) is 6.50. The van der Waals surface area contributed by atoms with E-state index in [1.54, 1.807) is 0 Å². The summed E-state index contributed by atoms with van der Waals surface area (Å²) in [4.78, 5) is 0. The molecule has 3 heteroatoms. The molecule has 0 bridgehead atoms. The molecule has 0 saturated carbocycles. The van der Waals surface area contributed by atoms with Gasteiger partial charge in [-0.15, -0.1) is 0 Å². The van der Waals surface area contributed by atoms with Crippen LogP contribution in [0.2, 0.25) is 0 Å². The highest BCUT2D eigenvalue weighted by Crippen LogP contribution is 2.19. The van der Waals surface area contributed by atoms with Crippen molar-refractivity contribution in [2.24, 2.45) is 11.8 Å². The molecule has 1 unspecified atom stereocenters. The van der Waals surface area contributed by atoms with Crippen LogP contribution in [-0.2, 0) is 6.54 Å². The van der Waals surface area contributed by atoms with E-state index in [4.69, 9.17) is 4.74 Å². The van der Waals surface area contributed by atoms with Gasteiger partial charge in [-0.3, -0.25) is 0 Å². The van der Waals surface area contributed by atoms with Gasteiger partial charge in [-0.1, -0.05) is 39.8 Å². The van der Waals surface area contributed by atoms with Crippen LogP contribution in [0.1, 0.15) is 40.2 Å². The second kappa shape index (κ2) is 7.65. The highest BCUT2D eigenvalue weighted by atomic mass is 16.5. The minimum absolute atomic E-state index is 0.165. The molecule has 0 amide bonds. The third-order valence-electron chi connectivity index (χ3n) is 3.56. The summed E-state index contributed by atoms with van der Waals surface area (Å²) in [5.41, 5.74) is 0.402. The fourth-order valence-corrected chi connectivity index (χ4v) is 1.65. The zero-order chi connectivity index (χ0) is 15.2. The molecule has 114 valence electrons. The molecule has 0 heterocycles. The van der Waals surface area contributed by atoms with E-state index in [-0.39, 0.29) is 5.92 Å². The SMILES string of the molecule is CC(C)CNCc1cccc(OCC(C)(O)C(C)C)c1. The Labute approximate surface area is 123 Å². The number of rotatable bonds is 8. The van der Waals surface area contributed by atoms with E-state index in [0.717, 1.165) is 18.8 Å². The van der Waals surface area contributed by atoms with Crippen molar-refractivity contribution in [2.75, 3.05) is 13.2 Å². The largest absolute Gasteiger partial charge is 0.491 e. The Bertz CT molecular complexity index is 400. The van der Waals surface area contributed by atoms with Crippen molar-refractivity contribution in [3.05, 3.63) is 29.8 Å². The van der Waals surface area contributed by atoms with Crippen molar-refractivity contribution in [1.29, 1.82) is 0 Å². The number of aliphatic hydroxyl groups is 1. The van der Waals surface area contributed by atoms with Gasteiger partial charge in [0.05, 0.1) is 5.60 Å². The maximum Gasteiger partial charge on any atom is 0.119 e. The average Bonchev–Trinajstić information content (AvgIpc) is 2.36. The van der Waals surface area contributed by atoms with Crippen LogP contribution in [0.5, 0.6) is 5.75 Å². The molecular formula is C17H29NO2. The van der Waals surface area contributed by atoms with Gasteiger partial charge in [-0.25, -0.2) is 0 Å². The summed E-state index contributed by atoms with van der Waals surface area (Å²) in [6, 6.07) is 8.04. The highest BCUT2D eigenvalue weighted by Gasteiger charge is 2.25. The summed E-state index contributed by atoms with van der Waals surface area (Å²) in [6.07, 6.45) is 0. The molecule has 0 fully saturated rings. The van der Waals surface area contributed by atoms with Crippen molar-refractivity contribution in [3.63, 3.8) is 0 Å². The van der Waals surface area contributed by atoms with Crippen LogP contribution in [-0.4, -0.2) is 23.9 Å². The van der Waals surface area contributed by atoms with Gasteiger partial charge in [0.2, 0.25) is 0 Å². The summed E-state index contributed by atoms with van der Waals surface area (Å²) in [5, 5.41) is 13.6. The smallest absolute Gasteiger partial charge is 0.119 e. The molecule has 0 aliphatic rings. The summed E-state index contributed by atoms with van der Waals surface area (Å²) in [7, 11) is 0. The minimum Gasteiger partial charge on any atom is -0.491 e. The lowest BCUT2D eigenvalue weighted by molar-refractivity contribution is -0.0266. The lowest BCUT2D eigenvalue weighted by Gasteiger charge is -2.27. The van der Waals surface area contributed by atoms with Crippen molar-refractivity contribution < 1.29 is 9.84 Å². The Morgan fingerprint density at radius 1 is 1.25 bits per heavy atom. The Hall–Kier alpha value is -1.06. The van der Waals surface area contributed by atoms with E-state index >= 15 is 0 Å². The summed E-state index contributed by atoms with van der Waals surface area (Å²) < 4.78 is 5.72. The molecule has 1 rings (SSSR count). The van der Waals surface area contributed by atoms with Crippen molar-refractivity contribution in [2.45, 2.75) is 46.8 Å². The van der Waals surface area contributed by atoms with Crippen LogP contribution in [0.3, 0.4) is 0 Å². The van der Waals surface area contributed by atoms with Crippen molar-refractivity contribution >= 4 is 0 Å². The van der Waals surface area contributed by atoms with E-state index < -0.39 is 5.60 Å². The number of hydrogen-bond donors (Lipinski definition) is 2. The van der Waals surface area contributed by atoms with Crippen LogP contribution in [0, 0.1) is 11.8 Å². The highest BCUT2D eigenvalue weighted by molar-refractivity contribution is 5.28. The molecule has 1 aromatic rings. The van der Waals surface area contributed by atoms with Crippen molar-refractivity contribution in [1.82, 2.24) is 5.32 Å². The molecule has 0 aromatic heterocycles. The van der Waals surface area contributed by atoms with Gasteiger partial charge >= 0.3 is 0 Å². The lowest BCUT2D eigenvalue weighted by atomic mass is 9.94. The molecule has 20 heavy (non-hydrogen) atoms. The first-order chi connectivity index (χ1) is 9.31. The van der Waals surface area contributed by atoms with Gasteiger partial charge in [0.15, 0.2) is 0 Å². The van der Waals surface area contributed by atoms with Gasteiger partial charge in [0.1, 0.15) is 12.4 Å². The predicted octanol–water partition coefficient (Wildman–Crippen LogP) is 3.22. The maximum atomic E-state index is 10.2. The quantitative estimate of drug-likeness (QED) is 0.767. The molecule has 0 radical (unpaired) electrons. The minimum atomic E-state index is -0.800. The van der Waals surface area contributed by atoms with Crippen LogP contribution in [0.4, 0.5) is 0 Å². The lowest BCUT2D eigenvalue weighted by Crippen LogP contribution is -2.37. The average molecular weight is 279 g/mol. The first-order valence-electron chi connectivity index (χ1n) is 7.46. The number of hydrogen-bond acceptors (Lipinski definition) is 3. The molecule has 0 aliphatic carbocycles. The van der Waals surface area contributed by atoms with Crippen LogP contribution < -0.4 is 10.1 Å². The molecule has 0 aliphatic heterocycles. The zero-order valence-electron chi connectivity index (χ0n) is 13.4. The predicted molar refractivity (Wildman–Crippen MR) is 83.9 cm³/mol. The summed E-state index contributed by atoms with van der Waals surface area (Å²) in [6.45, 7) is 12.4. The van der Waals surface area contributed by atoms with Gasteiger partial charge in [0, 0.05) is 6.54 Å². The van der Waals surface area contributed by atoms with E-state index in [1.165, 1.54) is 5.56 Å². The van der Waals surface area contributed by atoms with E-state index in [2.05, 4.69) is 25.2 Å². The molecule has 0 spiro atoms. The Morgan fingerprint density at radius 3 is 2.55 bits per heavy atom. The Morgan fingerprint density at radius 2 is 1.95 bits per heavy atom. The second-order valence-corrected chi connectivity index (χ2v) is 6.47.